The minimum atomic E-state index is -0.853. The highest BCUT2D eigenvalue weighted by Crippen LogP contribution is 2.49. The first-order valence-electron chi connectivity index (χ1n) is 10.4. The average Bonchev–Trinajstić information content (AvgIpc) is 3.24. The Bertz CT molecular complexity index is 659. The van der Waals surface area contributed by atoms with E-state index in [9.17, 15) is 0 Å². The largest absolute Gasteiger partial charge is 0.594 e. The molecule has 0 amide bonds. The highest BCUT2D eigenvalue weighted by atomic mass is 15.4. The molecular formula is C20H34BN4+. The monoisotopic (exact) mass is 341 g/mol. The van der Waals surface area contributed by atoms with Crippen molar-refractivity contribution < 1.29 is 9.19 Å². The molecule has 2 aliphatic heterocycles. The molecule has 0 atom stereocenters. The predicted molar refractivity (Wildman–Crippen MR) is 102 cm³/mol. The quantitative estimate of drug-likeness (QED) is 0.786. The third-order valence-corrected chi connectivity index (χ3v) is 7.17. The van der Waals surface area contributed by atoms with Crippen LogP contribution in [0.2, 0.25) is 11.6 Å². The Morgan fingerprint density at radius 2 is 1.20 bits per heavy atom. The number of hydrogen-bond donors (Lipinski definition) is 2. The second-order valence-electron chi connectivity index (χ2n) is 9.18. The van der Waals surface area contributed by atoms with Crippen LogP contribution in [0.3, 0.4) is 0 Å². The maximum absolute atomic E-state index is 3.79. The van der Waals surface area contributed by atoms with Crippen LogP contribution in [0.1, 0.15) is 89.4 Å². The van der Waals surface area contributed by atoms with Crippen LogP contribution in [0.5, 0.6) is 0 Å². The molecule has 0 aromatic carbocycles. The highest BCUT2D eigenvalue weighted by molar-refractivity contribution is 6.66. The molecule has 2 aliphatic rings. The number of nitrogens with one attached hydrogen (secondary N) is 2. The lowest BCUT2D eigenvalue weighted by Crippen LogP contribution is -2.88. The van der Waals surface area contributed by atoms with Crippen LogP contribution in [0, 0.1) is 0 Å². The minimum absolute atomic E-state index is 0.539. The molecule has 0 unspecified atom stereocenters. The first-order chi connectivity index (χ1) is 12.0. The van der Waals surface area contributed by atoms with E-state index in [1.165, 1.54) is 49.9 Å². The van der Waals surface area contributed by atoms with E-state index in [4.69, 9.17) is 0 Å². The zero-order valence-electron chi connectivity index (χ0n) is 16.3. The van der Waals surface area contributed by atoms with Crippen molar-refractivity contribution in [1.29, 1.82) is 0 Å². The molecule has 4 nitrogen and oxygen atoms in total. The Morgan fingerprint density at radius 1 is 0.800 bits per heavy atom. The third-order valence-electron chi connectivity index (χ3n) is 7.17. The second-order valence-corrected chi connectivity index (χ2v) is 9.18. The van der Waals surface area contributed by atoms with Gasteiger partial charge in [0, 0.05) is 12.1 Å². The molecule has 2 N–H and O–H groups in total. The first kappa shape index (κ1) is 16.9. The maximum atomic E-state index is 3.79. The van der Waals surface area contributed by atoms with Gasteiger partial charge >= 0.3 is 6.42 Å². The summed E-state index contributed by atoms with van der Waals surface area (Å²) < 4.78 is 5.03. The summed E-state index contributed by atoms with van der Waals surface area (Å²) in [6.45, 7) is 9.10. The molecule has 4 heterocycles. The van der Waals surface area contributed by atoms with E-state index in [0.717, 1.165) is 11.6 Å². The van der Waals surface area contributed by atoms with Crippen LogP contribution in [-0.2, 0) is 0 Å². The van der Waals surface area contributed by atoms with Gasteiger partial charge in [-0.15, -0.1) is 0 Å². The molecule has 2 bridgehead atoms. The molecule has 0 aliphatic carbocycles. The van der Waals surface area contributed by atoms with Gasteiger partial charge in [0.05, 0.1) is 11.4 Å². The summed E-state index contributed by atoms with van der Waals surface area (Å²) in [6, 6.07) is 4.59. The van der Waals surface area contributed by atoms with E-state index in [2.05, 4.69) is 71.6 Å². The van der Waals surface area contributed by atoms with Crippen LogP contribution in [0.15, 0.2) is 24.5 Å². The maximum Gasteiger partial charge on any atom is 0.594 e. The van der Waals surface area contributed by atoms with Gasteiger partial charge in [-0.25, -0.2) is 10.2 Å². The zero-order chi connectivity index (χ0) is 17.6. The van der Waals surface area contributed by atoms with Crippen LogP contribution in [-0.4, -0.2) is 16.6 Å². The second kappa shape index (κ2) is 6.33. The van der Waals surface area contributed by atoms with Gasteiger partial charge in [0.25, 0.3) is 0 Å². The van der Waals surface area contributed by atoms with E-state index < -0.39 is 6.42 Å². The van der Waals surface area contributed by atoms with Crippen molar-refractivity contribution in [2.45, 2.75) is 89.7 Å². The van der Waals surface area contributed by atoms with Crippen LogP contribution in [0.4, 0.5) is 0 Å². The smallest absolute Gasteiger partial charge is 0.265 e. The molecule has 2 fully saturated rings. The van der Waals surface area contributed by atoms with Crippen molar-refractivity contribution in [3.05, 3.63) is 35.9 Å². The number of H-pyrrole nitrogens is 2. The number of aromatic amines is 2. The molecule has 2 aromatic rings. The summed E-state index contributed by atoms with van der Waals surface area (Å²) in [6.07, 6.45) is 12.1. The van der Waals surface area contributed by atoms with Crippen molar-refractivity contribution in [3.63, 3.8) is 0 Å². The summed E-state index contributed by atoms with van der Waals surface area (Å²) in [5, 5.41) is 7.58. The van der Waals surface area contributed by atoms with Crippen molar-refractivity contribution in [2.75, 3.05) is 0 Å². The van der Waals surface area contributed by atoms with E-state index in [-0.39, 0.29) is 0 Å². The Labute approximate surface area is 152 Å². The van der Waals surface area contributed by atoms with Gasteiger partial charge < -0.3 is 0 Å². The molecule has 2 saturated heterocycles. The lowest BCUT2D eigenvalue weighted by molar-refractivity contribution is -0.752. The fourth-order valence-electron chi connectivity index (χ4n) is 5.88. The van der Waals surface area contributed by atoms with Crippen LogP contribution >= 0.6 is 0 Å². The van der Waals surface area contributed by atoms with Gasteiger partial charge in [0.1, 0.15) is 12.4 Å². The molecule has 25 heavy (non-hydrogen) atoms. The number of rotatable bonds is 4. The standard InChI is InChI=1S/C20H34BN4/c1-15(2)19-11-13-24(22-19)21(25-14-12-20(23-25)16(3)4)17-7-5-8-18(21)10-6-9-17/h11-18,22-23H,5-10H2,1-4H3/q+1. The Kier molecular flexibility index (Phi) is 4.29. The topological polar surface area (TPSA) is 39.3 Å². The average molecular weight is 341 g/mol. The van der Waals surface area contributed by atoms with E-state index in [1.807, 2.05) is 0 Å². The van der Waals surface area contributed by atoms with Crippen molar-refractivity contribution in [3.8, 4) is 0 Å². The summed E-state index contributed by atoms with van der Waals surface area (Å²) in [7, 11) is 0. The van der Waals surface area contributed by atoms with Crippen LogP contribution < -0.4 is 9.19 Å². The Hall–Kier alpha value is -1.52. The van der Waals surface area contributed by atoms with Gasteiger partial charge in [-0.1, -0.05) is 66.2 Å². The molecule has 5 heteroatoms. The Balaban J connectivity index is 1.87. The van der Waals surface area contributed by atoms with Gasteiger partial charge in [-0.05, 0) is 23.5 Å². The number of fused-ring (bicyclic) bond motifs is 2. The molecule has 0 radical (unpaired) electrons. The van der Waals surface area contributed by atoms with Gasteiger partial charge in [0.15, 0.2) is 0 Å². The molecule has 0 spiro atoms. The van der Waals surface area contributed by atoms with Crippen molar-refractivity contribution in [2.24, 2.45) is 0 Å². The zero-order valence-corrected chi connectivity index (χ0v) is 16.3. The van der Waals surface area contributed by atoms with E-state index in [0.29, 0.717) is 11.8 Å². The molecule has 0 saturated carbocycles. The summed E-state index contributed by atoms with van der Waals surface area (Å²) in [5.74, 6) is 2.61. The van der Waals surface area contributed by atoms with E-state index in [1.54, 1.807) is 0 Å². The fraction of sp³-hybridized carbons (Fsp3) is 0.700. The normalized spacial score (nSPS) is 25.7. The summed E-state index contributed by atoms with van der Waals surface area (Å²) >= 11 is 0. The lowest BCUT2D eigenvalue weighted by atomic mass is 9.24. The number of nitrogens with zero attached hydrogens (tertiary/aromatic N) is 2. The van der Waals surface area contributed by atoms with Gasteiger partial charge in [-0.3, -0.25) is 9.19 Å². The van der Waals surface area contributed by atoms with E-state index >= 15 is 0 Å². The highest BCUT2D eigenvalue weighted by Gasteiger charge is 2.66. The Morgan fingerprint density at radius 3 is 1.52 bits per heavy atom. The van der Waals surface area contributed by atoms with Gasteiger partial charge in [0.2, 0.25) is 0 Å². The van der Waals surface area contributed by atoms with Crippen molar-refractivity contribution >= 4 is 6.42 Å². The molecule has 2 aromatic heterocycles. The molecule has 136 valence electrons. The number of aromatic nitrogens is 4. The number of hydrogen-bond acceptors (Lipinski definition) is 0. The lowest BCUT2D eigenvalue weighted by Gasteiger charge is -2.45. The fourth-order valence-corrected chi connectivity index (χ4v) is 5.88. The summed E-state index contributed by atoms with van der Waals surface area (Å²) in [4.78, 5) is 0. The van der Waals surface area contributed by atoms with Crippen molar-refractivity contribution in [1.82, 2.24) is 10.2 Å². The summed E-state index contributed by atoms with van der Waals surface area (Å²) in [5.41, 5.74) is 2.70. The SMILES string of the molecule is CC(C)c1cc[n+]([B-]2([n+]3ccc(C(C)C)[nH]3)C3CCCC2CCC3)[nH]1. The first-order valence-corrected chi connectivity index (χ1v) is 10.4. The minimum Gasteiger partial charge on any atom is -0.265 e. The predicted octanol–water partition coefficient (Wildman–Crippen LogP) is 4.11. The molecular weight excluding hydrogens is 307 g/mol. The molecule has 4 rings (SSSR count). The third kappa shape index (κ3) is 2.58. The van der Waals surface area contributed by atoms with Crippen LogP contribution in [0.25, 0.3) is 0 Å². The van der Waals surface area contributed by atoms with Gasteiger partial charge in [-0.2, -0.15) is 0 Å².